The Kier molecular flexibility index (Phi) is 2.21. The number of nitrogens with one attached hydrogen (secondary N) is 1. The van der Waals surface area contributed by atoms with Crippen molar-refractivity contribution < 1.29 is 4.92 Å². The quantitative estimate of drug-likeness (QED) is 0.600. The fourth-order valence-electron chi connectivity index (χ4n) is 1.52. The van der Waals surface area contributed by atoms with Crippen LogP contribution in [0, 0.1) is 17.0 Å². The first-order valence-corrected chi connectivity index (χ1v) is 4.43. The molecule has 0 aromatic carbocycles. The summed E-state index contributed by atoms with van der Waals surface area (Å²) in [4.78, 5) is 17.0. The molecule has 0 fully saturated rings. The molecule has 0 radical (unpaired) electrons. The average molecular weight is 203 g/mol. The van der Waals surface area contributed by atoms with E-state index in [9.17, 15) is 10.1 Å². The Morgan fingerprint density at radius 1 is 1.60 bits per heavy atom. The third-order valence-corrected chi connectivity index (χ3v) is 2.17. The standard InChI is InChI=1S/C10H9N3O2/c1-7-8(4-6-13(14)15)9-3-2-5-11-10(9)12-7/h2-6H,1H3,(H,11,12)/b6-4+. The highest BCUT2D eigenvalue weighted by Crippen LogP contribution is 2.21. The number of aromatic nitrogens is 2. The van der Waals surface area contributed by atoms with E-state index in [-0.39, 0.29) is 0 Å². The molecule has 2 aromatic heterocycles. The van der Waals surface area contributed by atoms with Crippen LogP contribution in [0.3, 0.4) is 0 Å². The Balaban J connectivity index is 2.59. The maximum Gasteiger partial charge on any atom is 0.235 e. The molecule has 5 nitrogen and oxygen atoms in total. The van der Waals surface area contributed by atoms with E-state index in [1.807, 2.05) is 13.0 Å². The van der Waals surface area contributed by atoms with Gasteiger partial charge in [0.25, 0.3) is 0 Å². The first kappa shape index (κ1) is 9.39. The van der Waals surface area contributed by atoms with Crippen LogP contribution < -0.4 is 0 Å². The second kappa shape index (κ2) is 3.53. The number of aromatic amines is 1. The molecule has 5 heteroatoms. The second-order valence-corrected chi connectivity index (χ2v) is 3.16. The van der Waals surface area contributed by atoms with Gasteiger partial charge in [0.05, 0.1) is 4.92 Å². The number of H-pyrrole nitrogens is 1. The van der Waals surface area contributed by atoms with Crippen LogP contribution in [0.25, 0.3) is 17.1 Å². The largest absolute Gasteiger partial charge is 0.343 e. The third kappa shape index (κ3) is 1.71. The van der Waals surface area contributed by atoms with Gasteiger partial charge >= 0.3 is 0 Å². The van der Waals surface area contributed by atoms with Gasteiger partial charge in [-0.15, -0.1) is 0 Å². The van der Waals surface area contributed by atoms with E-state index in [1.54, 1.807) is 12.3 Å². The Morgan fingerprint density at radius 3 is 3.13 bits per heavy atom. The molecule has 76 valence electrons. The molecule has 0 spiro atoms. The highest BCUT2D eigenvalue weighted by molar-refractivity contribution is 5.87. The number of aryl methyl sites for hydroxylation is 1. The lowest BCUT2D eigenvalue weighted by Crippen LogP contribution is -1.83. The van der Waals surface area contributed by atoms with Gasteiger partial charge in [-0.3, -0.25) is 10.1 Å². The lowest BCUT2D eigenvalue weighted by Gasteiger charge is -1.89. The van der Waals surface area contributed by atoms with Crippen molar-refractivity contribution in [3.05, 3.63) is 45.9 Å². The smallest absolute Gasteiger partial charge is 0.235 e. The monoisotopic (exact) mass is 203 g/mol. The van der Waals surface area contributed by atoms with E-state index in [1.165, 1.54) is 6.08 Å². The van der Waals surface area contributed by atoms with Crippen LogP contribution in [0.4, 0.5) is 0 Å². The van der Waals surface area contributed by atoms with E-state index < -0.39 is 4.92 Å². The predicted octanol–water partition coefficient (Wildman–Crippen LogP) is 2.12. The molecule has 1 N–H and O–H groups in total. The average Bonchev–Trinajstić information content (AvgIpc) is 2.50. The topological polar surface area (TPSA) is 71.8 Å². The van der Waals surface area contributed by atoms with Gasteiger partial charge in [-0.25, -0.2) is 4.98 Å². The number of hydrogen-bond donors (Lipinski definition) is 1. The van der Waals surface area contributed by atoms with E-state index in [2.05, 4.69) is 9.97 Å². The zero-order chi connectivity index (χ0) is 10.8. The number of pyridine rings is 1. The summed E-state index contributed by atoms with van der Waals surface area (Å²) in [7, 11) is 0. The van der Waals surface area contributed by atoms with Crippen LogP contribution in [0.1, 0.15) is 11.3 Å². The summed E-state index contributed by atoms with van der Waals surface area (Å²) in [5.41, 5.74) is 2.44. The summed E-state index contributed by atoms with van der Waals surface area (Å²) in [6.45, 7) is 1.86. The number of fused-ring (bicyclic) bond motifs is 1. The van der Waals surface area contributed by atoms with Gasteiger partial charge in [-0.1, -0.05) is 0 Å². The van der Waals surface area contributed by atoms with Crippen LogP contribution in [0.2, 0.25) is 0 Å². The lowest BCUT2D eigenvalue weighted by molar-refractivity contribution is -0.400. The maximum absolute atomic E-state index is 10.2. The molecule has 0 bridgehead atoms. The summed E-state index contributed by atoms with van der Waals surface area (Å²) in [6.07, 6.45) is 4.09. The fourth-order valence-corrected chi connectivity index (χ4v) is 1.52. The van der Waals surface area contributed by atoms with Crippen molar-refractivity contribution >= 4 is 17.1 Å². The SMILES string of the molecule is Cc1[nH]c2ncccc2c1/C=C/[N+](=O)[O-]. The van der Waals surface area contributed by atoms with Crippen LogP contribution >= 0.6 is 0 Å². The summed E-state index contributed by atoms with van der Waals surface area (Å²) in [6, 6.07) is 3.69. The van der Waals surface area contributed by atoms with Gasteiger partial charge in [-0.2, -0.15) is 0 Å². The van der Waals surface area contributed by atoms with Gasteiger partial charge in [-0.05, 0) is 19.1 Å². The Bertz CT molecular complexity index is 543. The van der Waals surface area contributed by atoms with E-state index in [4.69, 9.17) is 0 Å². The summed E-state index contributed by atoms with van der Waals surface area (Å²) in [5, 5.41) is 11.1. The van der Waals surface area contributed by atoms with Gasteiger partial charge in [0.1, 0.15) is 5.65 Å². The normalized spacial score (nSPS) is 11.3. The molecular formula is C10H9N3O2. The molecule has 0 atom stereocenters. The van der Waals surface area contributed by atoms with E-state index in [0.717, 1.165) is 28.5 Å². The number of hydrogen-bond acceptors (Lipinski definition) is 3. The van der Waals surface area contributed by atoms with E-state index in [0.29, 0.717) is 0 Å². The zero-order valence-electron chi connectivity index (χ0n) is 8.10. The molecule has 0 saturated heterocycles. The van der Waals surface area contributed by atoms with E-state index >= 15 is 0 Å². The summed E-state index contributed by atoms with van der Waals surface area (Å²) < 4.78 is 0. The summed E-state index contributed by atoms with van der Waals surface area (Å²) >= 11 is 0. The van der Waals surface area contributed by atoms with Crippen molar-refractivity contribution in [2.75, 3.05) is 0 Å². The van der Waals surface area contributed by atoms with Crippen LogP contribution in [0.15, 0.2) is 24.5 Å². The third-order valence-electron chi connectivity index (χ3n) is 2.17. The second-order valence-electron chi connectivity index (χ2n) is 3.16. The highest BCUT2D eigenvalue weighted by atomic mass is 16.6. The summed E-state index contributed by atoms with van der Waals surface area (Å²) in [5.74, 6) is 0. The molecule has 15 heavy (non-hydrogen) atoms. The minimum atomic E-state index is -0.478. The molecule has 0 aliphatic rings. The Labute approximate surface area is 85.6 Å². The molecule has 0 amide bonds. The first-order valence-electron chi connectivity index (χ1n) is 4.43. The van der Waals surface area contributed by atoms with Crippen LogP contribution in [0.5, 0.6) is 0 Å². The predicted molar refractivity (Wildman–Crippen MR) is 56.9 cm³/mol. The van der Waals surface area contributed by atoms with Gasteiger partial charge in [0.15, 0.2) is 0 Å². The maximum atomic E-state index is 10.2. The molecular weight excluding hydrogens is 194 g/mol. The van der Waals surface area contributed by atoms with Gasteiger partial charge in [0, 0.05) is 28.9 Å². The minimum Gasteiger partial charge on any atom is -0.343 e. The number of nitrogens with zero attached hydrogens (tertiary/aromatic N) is 2. The molecule has 2 rings (SSSR count). The fraction of sp³-hybridized carbons (Fsp3) is 0.100. The first-order chi connectivity index (χ1) is 7.18. The van der Waals surface area contributed by atoms with Crippen LogP contribution in [-0.2, 0) is 0 Å². The number of rotatable bonds is 2. The molecule has 0 saturated carbocycles. The molecule has 2 aromatic rings. The Hall–Kier alpha value is -2.17. The van der Waals surface area contributed by atoms with Crippen molar-refractivity contribution in [3.63, 3.8) is 0 Å². The molecule has 0 unspecified atom stereocenters. The molecule has 0 aliphatic heterocycles. The molecule has 2 heterocycles. The van der Waals surface area contributed by atoms with Crippen molar-refractivity contribution in [1.82, 2.24) is 9.97 Å². The minimum absolute atomic E-state index is 0.478. The lowest BCUT2D eigenvalue weighted by atomic mass is 10.2. The zero-order valence-corrected chi connectivity index (χ0v) is 8.10. The van der Waals surface area contributed by atoms with Crippen LogP contribution in [-0.4, -0.2) is 14.9 Å². The van der Waals surface area contributed by atoms with Crippen molar-refractivity contribution in [2.45, 2.75) is 6.92 Å². The van der Waals surface area contributed by atoms with Gasteiger partial charge in [0.2, 0.25) is 6.20 Å². The van der Waals surface area contributed by atoms with Gasteiger partial charge < -0.3 is 4.98 Å². The highest BCUT2D eigenvalue weighted by Gasteiger charge is 2.06. The van der Waals surface area contributed by atoms with Crippen molar-refractivity contribution in [3.8, 4) is 0 Å². The molecule has 0 aliphatic carbocycles. The Morgan fingerprint density at radius 2 is 2.40 bits per heavy atom. The van der Waals surface area contributed by atoms with Crippen molar-refractivity contribution in [2.24, 2.45) is 0 Å². The number of nitro groups is 1. The van der Waals surface area contributed by atoms with Crippen molar-refractivity contribution in [1.29, 1.82) is 0 Å².